The first-order valence-electron chi connectivity index (χ1n) is 16.9. The zero-order chi connectivity index (χ0) is 32.4. The minimum Gasteiger partial charge on any atom is -0.311 e. The van der Waals surface area contributed by atoms with E-state index in [9.17, 15) is 0 Å². The van der Waals surface area contributed by atoms with Gasteiger partial charge in [0.05, 0.1) is 0 Å². The molecule has 0 heterocycles. The Labute approximate surface area is 285 Å². The van der Waals surface area contributed by atoms with E-state index < -0.39 is 0 Å². The van der Waals surface area contributed by atoms with Gasteiger partial charge in [-0.05, 0) is 109 Å². The molecule has 2 aliphatic carbocycles. The SMILES string of the molecule is C1=CC(N(c2ccccc2)c2ccc(C=Cc3ccc(C=Cc4ccc(N(C5=CCCC=C5)c5ccccc5)cc4)cc3)cc2)=CCC1. The lowest BCUT2D eigenvalue weighted by molar-refractivity contribution is 0.997. The maximum absolute atomic E-state index is 2.33. The van der Waals surface area contributed by atoms with Crippen LogP contribution in [0.5, 0.6) is 0 Å². The molecule has 0 aromatic heterocycles. The highest BCUT2D eigenvalue weighted by molar-refractivity contribution is 5.77. The first-order chi connectivity index (χ1) is 23.8. The van der Waals surface area contributed by atoms with Gasteiger partial charge < -0.3 is 9.80 Å². The van der Waals surface area contributed by atoms with E-state index in [-0.39, 0.29) is 0 Å². The molecule has 5 aromatic carbocycles. The summed E-state index contributed by atoms with van der Waals surface area (Å²) in [5.41, 5.74) is 11.8. The highest BCUT2D eigenvalue weighted by Gasteiger charge is 2.15. The van der Waals surface area contributed by atoms with Crippen molar-refractivity contribution in [2.75, 3.05) is 9.80 Å². The number of rotatable bonds is 10. The summed E-state index contributed by atoms with van der Waals surface area (Å²) in [6, 6.07) is 47.5. The van der Waals surface area contributed by atoms with Crippen LogP contribution in [0, 0.1) is 0 Å². The van der Waals surface area contributed by atoms with Crippen molar-refractivity contribution in [1.29, 1.82) is 0 Å². The molecule has 0 bridgehead atoms. The van der Waals surface area contributed by atoms with Crippen molar-refractivity contribution in [1.82, 2.24) is 0 Å². The van der Waals surface area contributed by atoms with Crippen LogP contribution >= 0.6 is 0 Å². The van der Waals surface area contributed by atoms with Gasteiger partial charge in [0.25, 0.3) is 0 Å². The standard InChI is InChI=1S/C46H40N2/c1-5-13-41(14-6-1)47(42-15-7-2-8-16-42)45-33-29-39(30-34-45)27-25-37-21-23-38(24-22-37)26-28-40-31-35-46(36-32-40)48(43-17-9-3-10-18-43)44-19-11-4-12-20-44/h1,3,5-7,9-11,13-36H,2,4,8,12H2. The highest BCUT2D eigenvalue weighted by atomic mass is 15.2. The number of hydrogen-bond acceptors (Lipinski definition) is 2. The van der Waals surface area contributed by atoms with Crippen LogP contribution in [0.1, 0.15) is 47.9 Å². The topological polar surface area (TPSA) is 6.48 Å². The van der Waals surface area contributed by atoms with Crippen LogP contribution in [0.3, 0.4) is 0 Å². The molecule has 0 N–H and O–H groups in total. The quantitative estimate of drug-likeness (QED) is 0.143. The number of benzene rings is 5. The van der Waals surface area contributed by atoms with Gasteiger partial charge in [0.2, 0.25) is 0 Å². The average molecular weight is 621 g/mol. The Hall–Kier alpha value is -5.86. The lowest BCUT2D eigenvalue weighted by atomic mass is 10.1. The van der Waals surface area contributed by atoms with Gasteiger partial charge in [-0.25, -0.2) is 0 Å². The van der Waals surface area contributed by atoms with Crippen molar-refractivity contribution in [2.24, 2.45) is 0 Å². The molecular weight excluding hydrogens is 581 g/mol. The van der Waals surface area contributed by atoms with E-state index in [4.69, 9.17) is 0 Å². The molecule has 234 valence electrons. The van der Waals surface area contributed by atoms with Gasteiger partial charge in [-0.1, -0.05) is 134 Å². The molecule has 2 aliphatic rings. The maximum atomic E-state index is 2.33. The summed E-state index contributed by atoms with van der Waals surface area (Å²) in [7, 11) is 0. The Balaban J connectivity index is 1.00. The fourth-order valence-electron chi connectivity index (χ4n) is 6.15. The van der Waals surface area contributed by atoms with Crippen LogP contribution in [-0.4, -0.2) is 0 Å². The second-order valence-electron chi connectivity index (χ2n) is 12.1. The van der Waals surface area contributed by atoms with Gasteiger partial charge in [-0.2, -0.15) is 0 Å². The van der Waals surface area contributed by atoms with E-state index in [0.717, 1.165) is 37.1 Å². The maximum Gasteiger partial charge on any atom is 0.0461 e. The predicted octanol–water partition coefficient (Wildman–Crippen LogP) is 12.8. The summed E-state index contributed by atoms with van der Waals surface area (Å²) in [5.74, 6) is 0. The van der Waals surface area contributed by atoms with Gasteiger partial charge >= 0.3 is 0 Å². The number of para-hydroxylation sites is 2. The Morgan fingerprint density at radius 1 is 0.333 bits per heavy atom. The van der Waals surface area contributed by atoms with Crippen LogP contribution in [0.2, 0.25) is 0 Å². The van der Waals surface area contributed by atoms with Gasteiger partial charge in [-0.15, -0.1) is 0 Å². The second kappa shape index (κ2) is 15.2. The largest absolute Gasteiger partial charge is 0.311 e. The summed E-state index contributed by atoms with van der Waals surface area (Å²) in [6.45, 7) is 0. The fraction of sp³-hybridized carbons (Fsp3) is 0.0870. The third-order valence-corrected chi connectivity index (χ3v) is 8.67. The van der Waals surface area contributed by atoms with Gasteiger partial charge in [-0.3, -0.25) is 0 Å². The molecule has 0 radical (unpaired) electrons. The molecule has 0 spiro atoms. The molecule has 2 nitrogen and oxygen atoms in total. The van der Waals surface area contributed by atoms with Crippen LogP contribution in [0.15, 0.2) is 181 Å². The molecule has 0 unspecified atom stereocenters. The number of allylic oxidation sites excluding steroid dienone is 6. The zero-order valence-corrected chi connectivity index (χ0v) is 27.2. The molecule has 0 fully saturated rings. The van der Waals surface area contributed by atoms with E-state index in [2.05, 4.69) is 204 Å². The Morgan fingerprint density at radius 3 is 0.958 bits per heavy atom. The van der Waals surface area contributed by atoms with Gasteiger partial charge in [0.15, 0.2) is 0 Å². The van der Waals surface area contributed by atoms with E-state index in [1.165, 1.54) is 45.0 Å². The molecule has 0 aliphatic heterocycles. The summed E-state index contributed by atoms with van der Waals surface area (Å²) < 4.78 is 0. The number of hydrogen-bond donors (Lipinski definition) is 0. The second-order valence-corrected chi connectivity index (χ2v) is 12.1. The lowest BCUT2D eigenvalue weighted by Crippen LogP contribution is -2.16. The van der Waals surface area contributed by atoms with Crippen molar-refractivity contribution in [3.8, 4) is 0 Å². The molecule has 0 saturated heterocycles. The highest BCUT2D eigenvalue weighted by Crippen LogP contribution is 2.34. The third kappa shape index (κ3) is 7.57. The first kappa shape index (κ1) is 30.8. The van der Waals surface area contributed by atoms with Crippen molar-refractivity contribution >= 4 is 47.1 Å². The van der Waals surface area contributed by atoms with Gasteiger partial charge in [0, 0.05) is 34.1 Å². The molecule has 0 amide bonds. The van der Waals surface area contributed by atoms with Crippen molar-refractivity contribution in [3.05, 3.63) is 204 Å². The molecule has 5 aromatic rings. The molecule has 7 rings (SSSR count). The van der Waals surface area contributed by atoms with E-state index in [1.807, 2.05) is 0 Å². The smallest absolute Gasteiger partial charge is 0.0461 e. The van der Waals surface area contributed by atoms with E-state index in [1.54, 1.807) is 0 Å². The Kier molecular flexibility index (Phi) is 9.72. The molecule has 2 heteroatoms. The van der Waals surface area contributed by atoms with E-state index >= 15 is 0 Å². The van der Waals surface area contributed by atoms with Crippen LogP contribution < -0.4 is 9.80 Å². The minimum absolute atomic E-state index is 1.07. The Morgan fingerprint density at radius 2 is 0.646 bits per heavy atom. The normalized spacial score (nSPS) is 14.2. The zero-order valence-electron chi connectivity index (χ0n) is 27.2. The summed E-state index contributed by atoms with van der Waals surface area (Å²) >= 11 is 0. The minimum atomic E-state index is 1.07. The molecular formula is C46H40N2. The fourth-order valence-corrected chi connectivity index (χ4v) is 6.15. The van der Waals surface area contributed by atoms with Crippen molar-refractivity contribution in [3.63, 3.8) is 0 Å². The van der Waals surface area contributed by atoms with Crippen LogP contribution in [0.25, 0.3) is 24.3 Å². The predicted molar refractivity (Wildman–Crippen MR) is 207 cm³/mol. The molecule has 48 heavy (non-hydrogen) atoms. The van der Waals surface area contributed by atoms with Crippen LogP contribution in [-0.2, 0) is 0 Å². The van der Waals surface area contributed by atoms with Crippen LogP contribution in [0.4, 0.5) is 22.7 Å². The first-order valence-corrected chi connectivity index (χ1v) is 16.9. The average Bonchev–Trinajstić information content (AvgIpc) is 3.17. The number of nitrogens with zero attached hydrogens (tertiary/aromatic N) is 2. The summed E-state index contributed by atoms with van der Waals surface area (Å²) in [6.07, 6.45) is 26.7. The molecule has 0 atom stereocenters. The number of anilines is 4. The third-order valence-electron chi connectivity index (χ3n) is 8.67. The Bertz CT molecular complexity index is 1830. The van der Waals surface area contributed by atoms with Gasteiger partial charge in [0.1, 0.15) is 0 Å². The monoisotopic (exact) mass is 620 g/mol. The summed E-state index contributed by atoms with van der Waals surface area (Å²) in [4.78, 5) is 4.66. The van der Waals surface area contributed by atoms with E-state index in [0.29, 0.717) is 0 Å². The summed E-state index contributed by atoms with van der Waals surface area (Å²) in [5, 5.41) is 0. The molecule has 0 saturated carbocycles. The lowest BCUT2D eigenvalue weighted by Gasteiger charge is -2.27. The van der Waals surface area contributed by atoms with Crippen molar-refractivity contribution < 1.29 is 0 Å². The van der Waals surface area contributed by atoms with Crippen molar-refractivity contribution in [2.45, 2.75) is 25.7 Å².